The molecule has 6 heteroatoms. The number of carbonyl (C=O) groups is 1. The fraction of sp³-hybridized carbons (Fsp3) is 0.111. The number of para-hydroxylation sites is 2. The van der Waals surface area contributed by atoms with E-state index in [1.807, 2.05) is 36.4 Å². The third kappa shape index (κ3) is 3.93. The Balaban J connectivity index is 1.73. The molecule has 0 unspecified atom stereocenters. The van der Waals surface area contributed by atoms with E-state index in [9.17, 15) is 4.79 Å². The van der Waals surface area contributed by atoms with Crippen LogP contribution >= 0.6 is 22.9 Å². The number of hydrogen-bond donors (Lipinski definition) is 0. The van der Waals surface area contributed by atoms with Gasteiger partial charge in [0.05, 0.1) is 10.9 Å². The van der Waals surface area contributed by atoms with E-state index in [0.29, 0.717) is 28.9 Å². The van der Waals surface area contributed by atoms with Gasteiger partial charge in [0.2, 0.25) is 11.8 Å². The number of benzene rings is 1. The molecule has 1 aromatic carbocycles. The first-order valence-electron chi connectivity index (χ1n) is 7.33. The van der Waals surface area contributed by atoms with Crippen LogP contribution in [0.5, 0.6) is 0 Å². The van der Waals surface area contributed by atoms with Crippen molar-refractivity contribution in [2.24, 2.45) is 0 Å². The summed E-state index contributed by atoms with van der Waals surface area (Å²) in [5, 5.41) is 0. The molecule has 0 N–H and O–H groups in total. The second-order valence-electron chi connectivity index (χ2n) is 5.07. The first kappa shape index (κ1) is 16.5. The van der Waals surface area contributed by atoms with E-state index in [0.717, 1.165) is 10.4 Å². The average Bonchev–Trinajstić information content (AvgIpc) is 3.17. The number of oxazole rings is 1. The van der Waals surface area contributed by atoms with Gasteiger partial charge < -0.3 is 9.32 Å². The van der Waals surface area contributed by atoms with Gasteiger partial charge in [0, 0.05) is 23.6 Å². The van der Waals surface area contributed by atoms with E-state index >= 15 is 0 Å². The molecule has 3 rings (SSSR count). The fourth-order valence-electron chi connectivity index (χ4n) is 2.22. The van der Waals surface area contributed by atoms with Crippen LogP contribution in [0.4, 0.5) is 0 Å². The predicted octanol–water partition coefficient (Wildman–Crippen LogP) is 4.77. The molecule has 2 heterocycles. The van der Waals surface area contributed by atoms with Gasteiger partial charge in [-0.3, -0.25) is 4.79 Å². The van der Waals surface area contributed by atoms with Crippen LogP contribution < -0.4 is 0 Å². The number of thiophene rings is 1. The molecule has 0 fully saturated rings. The number of rotatable bonds is 6. The van der Waals surface area contributed by atoms with E-state index in [-0.39, 0.29) is 5.91 Å². The Morgan fingerprint density at radius 3 is 2.88 bits per heavy atom. The SMILES string of the molecule is C=CCN(Cc1ccc(Cl)s1)C(=O)/C=C/c1nc2ccccc2o1. The molecular formula is C18H15ClN2O2S. The smallest absolute Gasteiger partial charge is 0.247 e. The van der Waals surface area contributed by atoms with Crippen molar-refractivity contribution in [3.63, 3.8) is 0 Å². The molecule has 0 aliphatic carbocycles. The Kier molecular flexibility index (Phi) is 5.13. The molecule has 0 radical (unpaired) electrons. The van der Waals surface area contributed by atoms with Gasteiger partial charge in [0.25, 0.3) is 0 Å². The fourth-order valence-corrected chi connectivity index (χ4v) is 3.33. The summed E-state index contributed by atoms with van der Waals surface area (Å²) in [6.07, 6.45) is 4.74. The minimum atomic E-state index is -0.137. The molecule has 1 amide bonds. The van der Waals surface area contributed by atoms with Crippen LogP contribution in [-0.2, 0) is 11.3 Å². The summed E-state index contributed by atoms with van der Waals surface area (Å²) >= 11 is 7.40. The third-order valence-electron chi connectivity index (χ3n) is 3.32. The van der Waals surface area contributed by atoms with E-state index in [1.165, 1.54) is 17.4 Å². The largest absolute Gasteiger partial charge is 0.437 e. The number of amides is 1. The number of aromatic nitrogens is 1. The number of halogens is 1. The monoisotopic (exact) mass is 358 g/mol. The maximum absolute atomic E-state index is 12.4. The minimum absolute atomic E-state index is 0.137. The highest BCUT2D eigenvalue weighted by atomic mass is 35.5. The lowest BCUT2D eigenvalue weighted by Gasteiger charge is -2.18. The van der Waals surface area contributed by atoms with Crippen LogP contribution in [0.15, 0.2) is 59.5 Å². The molecule has 3 aromatic rings. The molecule has 0 bridgehead atoms. The van der Waals surface area contributed by atoms with Gasteiger partial charge in [-0.05, 0) is 24.3 Å². The van der Waals surface area contributed by atoms with Crippen molar-refractivity contribution in [3.05, 3.63) is 70.2 Å². The van der Waals surface area contributed by atoms with Crippen LogP contribution in [0.25, 0.3) is 17.2 Å². The van der Waals surface area contributed by atoms with E-state index in [2.05, 4.69) is 11.6 Å². The summed E-state index contributed by atoms with van der Waals surface area (Å²) in [6, 6.07) is 11.2. The van der Waals surface area contributed by atoms with Crippen molar-refractivity contribution in [2.75, 3.05) is 6.54 Å². The molecule has 2 aromatic heterocycles. The first-order chi connectivity index (χ1) is 11.7. The number of nitrogens with zero attached hydrogens (tertiary/aromatic N) is 2. The Morgan fingerprint density at radius 2 is 2.17 bits per heavy atom. The van der Waals surface area contributed by atoms with Crippen LogP contribution in [0.2, 0.25) is 4.34 Å². The predicted molar refractivity (Wildman–Crippen MR) is 98.0 cm³/mol. The van der Waals surface area contributed by atoms with Crippen LogP contribution in [0.1, 0.15) is 10.8 Å². The molecule has 0 atom stereocenters. The van der Waals surface area contributed by atoms with Crippen molar-refractivity contribution in [1.29, 1.82) is 0 Å². The summed E-state index contributed by atoms with van der Waals surface area (Å²) in [6.45, 7) is 4.64. The van der Waals surface area contributed by atoms with Gasteiger partial charge >= 0.3 is 0 Å². The highest BCUT2D eigenvalue weighted by Gasteiger charge is 2.12. The number of fused-ring (bicyclic) bond motifs is 1. The highest BCUT2D eigenvalue weighted by Crippen LogP contribution is 2.23. The maximum atomic E-state index is 12.4. The molecular weight excluding hydrogens is 344 g/mol. The standard InChI is InChI=1S/C18H15ClN2O2S/c1-2-11-21(12-13-7-8-16(19)24-13)18(22)10-9-17-20-14-5-3-4-6-15(14)23-17/h2-10H,1,11-12H2/b10-9+. The highest BCUT2D eigenvalue weighted by molar-refractivity contribution is 7.16. The molecule has 0 saturated heterocycles. The Morgan fingerprint density at radius 1 is 1.33 bits per heavy atom. The van der Waals surface area contributed by atoms with Gasteiger partial charge in [-0.25, -0.2) is 4.98 Å². The summed E-state index contributed by atoms with van der Waals surface area (Å²) in [4.78, 5) is 19.4. The van der Waals surface area contributed by atoms with Crippen molar-refractivity contribution in [3.8, 4) is 0 Å². The summed E-state index contributed by atoms with van der Waals surface area (Å²) < 4.78 is 6.28. The quantitative estimate of drug-likeness (QED) is 0.471. The molecule has 0 aliphatic rings. The van der Waals surface area contributed by atoms with Gasteiger partial charge in [-0.1, -0.05) is 29.8 Å². The molecule has 4 nitrogen and oxygen atoms in total. The van der Waals surface area contributed by atoms with E-state index < -0.39 is 0 Å². The minimum Gasteiger partial charge on any atom is -0.437 e. The van der Waals surface area contributed by atoms with Crippen molar-refractivity contribution in [2.45, 2.75) is 6.54 Å². The van der Waals surface area contributed by atoms with Gasteiger partial charge in [0.15, 0.2) is 5.58 Å². The lowest BCUT2D eigenvalue weighted by molar-refractivity contribution is -0.126. The second-order valence-corrected chi connectivity index (χ2v) is 6.87. The second kappa shape index (κ2) is 7.47. The zero-order valence-electron chi connectivity index (χ0n) is 12.8. The molecule has 0 saturated carbocycles. The van der Waals surface area contributed by atoms with E-state index in [4.69, 9.17) is 16.0 Å². The Bertz CT molecular complexity index is 864. The lowest BCUT2D eigenvalue weighted by atomic mass is 10.3. The van der Waals surface area contributed by atoms with Crippen molar-refractivity contribution in [1.82, 2.24) is 9.88 Å². The lowest BCUT2D eigenvalue weighted by Crippen LogP contribution is -2.28. The zero-order chi connectivity index (χ0) is 16.9. The van der Waals surface area contributed by atoms with Crippen LogP contribution in [0, 0.1) is 0 Å². The molecule has 0 aliphatic heterocycles. The maximum Gasteiger partial charge on any atom is 0.247 e. The number of hydrogen-bond acceptors (Lipinski definition) is 4. The molecule has 24 heavy (non-hydrogen) atoms. The summed E-state index contributed by atoms with van der Waals surface area (Å²) in [5.74, 6) is 0.268. The van der Waals surface area contributed by atoms with Gasteiger partial charge in [-0.2, -0.15) is 0 Å². The normalized spacial score (nSPS) is 11.2. The Hall–Kier alpha value is -2.37. The zero-order valence-corrected chi connectivity index (χ0v) is 14.4. The van der Waals surface area contributed by atoms with E-state index in [1.54, 1.807) is 17.1 Å². The summed E-state index contributed by atoms with van der Waals surface area (Å²) in [7, 11) is 0. The Labute approximate surface area is 148 Å². The van der Waals surface area contributed by atoms with Crippen molar-refractivity contribution >= 4 is 46.0 Å². The van der Waals surface area contributed by atoms with Crippen LogP contribution in [-0.4, -0.2) is 22.3 Å². The molecule has 122 valence electrons. The third-order valence-corrected chi connectivity index (χ3v) is 4.53. The first-order valence-corrected chi connectivity index (χ1v) is 8.53. The number of carbonyl (C=O) groups excluding carboxylic acids is 1. The van der Waals surface area contributed by atoms with Gasteiger partial charge in [-0.15, -0.1) is 17.9 Å². The van der Waals surface area contributed by atoms with Crippen molar-refractivity contribution < 1.29 is 9.21 Å². The molecule has 0 spiro atoms. The van der Waals surface area contributed by atoms with Crippen LogP contribution in [0.3, 0.4) is 0 Å². The summed E-state index contributed by atoms with van der Waals surface area (Å²) in [5.41, 5.74) is 1.46. The topological polar surface area (TPSA) is 46.3 Å². The average molecular weight is 359 g/mol. The van der Waals surface area contributed by atoms with Gasteiger partial charge in [0.1, 0.15) is 5.52 Å².